The van der Waals surface area contributed by atoms with Gasteiger partial charge in [-0.3, -0.25) is 4.79 Å². The molecule has 0 atom stereocenters. The second-order valence-electron chi connectivity index (χ2n) is 2.47. The largest absolute Gasteiger partial charge is 0.468 e. The summed E-state index contributed by atoms with van der Waals surface area (Å²) in [4.78, 5) is 18.2. The van der Waals surface area contributed by atoms with Gasteiger partial charge in [0.25, 0.3) is 0 Å². The summed E-state index contributed by atoms with van der Waals surface area (Å²) < 4.78 is 4.43. The normalized spacial score (nSPS) is 9.50. The van der Waals surface area contributed by atoms with Gasteiger partial charge in [-0.25, -0.2) is 0 Å². The van der Waals surface area contributed by atoms with Crippen LogP contribution in [0.25, 0.3) is 0 Å². The molecule has 0 saturated carbocycles. The van der Waals surface area contributed by atoms with Crippen molar-refractivity contribution in [2.45, 2.75) is 0 Å². The molecule has 0 fully saturated rings. The SMILES string of the molecule is COC(=O)CNc1cc(N)nc(N)n1. The third-order valence-corrected chi connectivity index (χ3v) is 1.40. The summed E-state index contributed by atoms with van der Waals surface area (Å²) in [7, 11) is 1.30. The van der Waals surface area contributed by atoms with E-state index in [1.165, 1.54) is 13.2 Å². The van der Waals surface area contributed by atoms with Gasteiger partial charge in [0.2, 0.25) is 5.95 Å². The van der Waals surface area contributed by atoms with E-state index in [1.54, 1.807) is 0 Å². The Hall–Kier alpha value is -2.05. The molecule has 0 aliphatic rings. The Morgan fingerprint density at radius 1 is 1.57 bits per heavy atom. The van der Waals surface area contributed by atoms with Crippen molar-refractivity contribution < 1.29 is 9.53 Å². The van der Waals surface area contributed by atoms with Gasteiger partial charge < -0.3 is 21.5 Å². The minimum atomic E-state index is -0.402. The van der Waals surface area contributed by atoms with Crippen molar-refractivity contribution in [3.8, 4) is 0 Å². The molecule has 0 aliphatic carbocycles. The van der Waals surface area contributed by atoms with Crippen molar-refractivity contribution in [3.63, 3.8) is 0 Å². The highest BCUT2D eigenvalue weighted by molar-refractivity contribution is 5.74. The molecule has 1 aromatic rings. The van der Waals surface area contributed by atoms with Gasteiger partial charge in [0.15, 0.2) is 0 Å². The van der Waals surface area contributed by atoms with Crippen molar-refractivity contribution in [2.24, 2.45) is 0 Å². The highest BCUT2D eigenvalue weighted by Gasteiger charge is 2.02. The van der Waals surface area contributed by atoms with Crippen LogP contribution in [-0.2, 0) is 9.53 Å². The highest BCUT2D eigenvalue weighted by atomic mass is 16.5. The number of ether oxygens (including phenoxy) is 1. The molecule has 0 saturated heterocycles. The molecule has 0 unspecified atom stereocenters. The summed E-state index contributed by atoms with van der Waals surface area (Å²) in [6.45, 7) is 0.00634. The van der Waals surface area contributed by atoms with Crippen LogP contribution >= 0.6 is 0 Å². The lowest BCUT2D eigenvalue weighted by molar-refractivity contribution is -0.138. The van der Waals surface area contributed by atoms with E-state index in [-0.39, 0.29) is 18.3 Å². The van der Waals surface area contributed by atoms with Gasteiger partial charge in [-0.1, -0.05) is 0 Å². The Morgan fingerprint density at radius 2 is 2.29 bits per heavy atom. The standard InChI is InChI=1S/C7H11N5O2/c1-14-6(13)3-10-5-2-4(8)11-7(9)12-5/h2H,3H2,1H3,(H5,8,9,10,11,12). The fourth-order valence-corrected chi connectivity index (χ4v) is 0.811. The van der Waals surface area contributed by atoms with Crippen molar-refractivity contribution >= 4 is 23.6 Å². The van der Waals surface area contributed by atoms with Gasteiger partial charge in [-0.2, -0.15) is 9.97 Å². The second-order valence-corrected chi connectivity index (χ2v) is 2.47. The summed E-state index contributed by atoms with van der Waals surface area (Å²) >= 11 is 0. The van der Waals surface area contributed by atoms with Gasteiger partial charge in [0.1, 0.15) is 18.2 Å². The summed E-state index contributed by atoms with van der Waals surface area (Å²) in [6.07, 6.45) is 0. The maximum Gasteiger partial charge on any atom is 0.325 e. The van der Waals surface area contributed by atoms with Crippen molar-refractivity contribution in [3.05, 3.63) is 6.07 Å². The molecule has 5 N–H and O–H groups in total. The Balaban J connectivity index is 2.63. The maximum absolute atomic E-state index is 10.8. The molecule has 1 heterocycles. The highest BCUT2D eigenvalue weighted by Crippen LogP contribution is 2.08. The predicted molar refractivity (Wildman–Crippen MR) is 51.4 cm³/mol. The van der Waals surface area contributed by atoms with Crippen LogP contribution in [-0.4, -0.2) is 29.6 Å². The lowest BCUT2D eigenvalue weighted by Crippen LogP contribution is -2.16. The number of nitrogen functional groups attached to an aromatic ring is 2. The Bertz CT molecular complexity index is 321. The fraction of sp³-hybridized carbons (Fsp3) is 0.286. The van der Waals surface area contributed by atoms with E-state index in [1.807, 2.05) is 0 Å². The zero-order valence-corrected chi connectivity index (χ0v) is 7.65. The molecular weight excluding hydrogens is 186 g/mol. The van der Waals surface area contributed by atoms with E-state index in [2.05, 4.69) is 20.0 Å². The van der Waals surface area contributed by atoms with Crippen LogP contribution in [0, 0.1) is 0 Å². The van der Waals surface area contributed by atoms with Crippen molar-refractivity contribution in [1.29, 1.82) is 0 Å². The average molecular weight is 197 g/mol. The van der Waals surface area contributed by atoms with Gasteiger partial charge in [0.05, 0.1) is 7.11 Å². The molecule has 1 rings (SSSR count). The van der Waals surface area contributed by atoms with Crippen LogP contribution in [0.15, 0.2) is 6.07 Å². The fourth-order valence-electron chi connectivity index (χ4n) is 0.811. The monoisotopic (exact) mass is 197 g/mol. The average Bonchev–Trinajstić information content (AvgIpc) is 2.12. The topological polar surface area (TPSA) is 116 Å². The number of hydrogen-bond acceptors (Lipinski definition) is 7. The summed E-state index contributed by atoms with van der Waals surface area (Å²) in [5.41, 5.74) is 10.8. The molecule has 1 aromatic heterocycles. The van der Waals surface area contributed by atoms with Crippen molar-refractivity contribution in [1.82, 2.24) is 9.97 Å². The zero-order valence-electron chi connectivity index (χ0n) is 7.65. The molecule has 7 heteroatoms. The number of rotatable bonds is 3. The third-order valence-electron chi connectivity index (χ3n) is 1.40. The second kappa shape index (κ2) is 4.26. The van der Waals surface area contributed by atoms with Crippen molar-refractivity contribution in [2.75, 3.05) is 30.4 Å². The number of nitrogens with two attached hydrogens (primary N) is 2. The van der Waals surface area contributed by atoms with E-state index < -0.39 is 5.97 Å². The maximum atomic E-state index is 10.8. The van der Waals surface area contributed by atoms with E-state index >= 15 is 0 Å². The zero-order chi connectivity index (χ0) is 10.6. The summed E-state index contributed by atoms with van der Waals surface area (Å²) in [5, 5.41) is 2.69. The quantitative estimate of drug-likeness (QED) is 0.544. The van der Waals surface area contributed by atoms with Crippen LogP contribution in [0.2, 0.25) is 0 Å². The first-order valence-corrected chi connectivity index (χ1v) is 3.82. The van der Waals surface area contributed by atoms with Gasteiger partial charge in [0, 0.05) is 6.07 Å². The molecule has 0 aliphatic heterocycles. The first-order chi connectivity index (χ1) is 6.61. The number of nitrogens with zero attached hydrogens (tertiary/aromatic N) is 2. The number of hydrogen-bond donors (Lipinski definition) is 3. The van der Waals surface area contributed by atoms with Crippen LogP contribution in [0.3, 0.4) is 0 Å². The number of methoxy groups -OCH3 is 1. The molecule has 14 heavy (non-hydrogen) atoms. The van der Waals surface area contributed by atoms with Crippen LogP contribution in [0.4, 0.5) is 17.6 Å². The molecule has 0 amide bonds. The number of aromatic nitrogens is 2. The van der Waals surface area contributed by atoms with Gasteiger partial charge in [-0.15, -0.1) is 0 Å². The molecule has 0 spiro atoms. The molecular formula is C7H11N5O2. The lowest BCUT2D eigenvalue weighted by Gasteiger charge is -2.04. The smallest absolute Gasteiger partial charge is 0.325 e. The Labute approximate surface area is 80.5 Å². The summed E-state index contributed by atoms with van der Waals surface area (Å²) in [6, 6.07) is 1.47. The number of nitrogens with one attached hydrogen (secondary N) is 1. The number of esters is 1. The van der Waals surface area contributed by atoms with E-state index in [4.69, 9.17) is 11.5 Å². The Kier molecular flexibility index (Phi) is 3.05. The molecule has 0 radical (unpaired) electrons. The van der Waals surface area contributed by atoms with Crippen LogP contribution < -0.4 is 16.8 Å². The Morgan fingerprint density at radius 3 is 2.86 bits per heavy atom. The molecule has 7 nitrogen and oxygen atoms in total. The number of carbonyl (C=O) groups is 1. The molecule has 76 valence electrons. The minimum Gasteiger partial charge on any atom is -0.468 e. The summed E-state index contributed by atoms with van der Waals surface area (Å²) in [5.74, 6) is 0.281. The van der Waals surface area contributed by atoms with E-state index in [0.29, 0.717) is 5.82 Å². The first kappa shape index (κ1) is 10.0. The molecule has 0 bridgehead atoms. The minimum absolute atomic E-state index is 0.00634. The van der Waals surface area contributed by atoms with E-state index in [9.17, 15) is 4.79 Å². The predicted octanol–water partition coefficient (Wildman–Crippen LogP) is -0.774. The van der Waals surface area contributed by atoms with Crippen LogP contribution in [0.1, 0.15) is 0 Å². The number of carbonyl (C=O) groups excluding carboxylic acids is 1. The van der Waals surface area contributed by atoms with E-state index in [0.717, 1.165) is 0 Å². The first-order valence-electron chi connectivity index (χ1n) is 3.82. The van der Waals surface area contributed by atoms with Gasteiger partial charge in [-0.05, 0) is 0 Å². The lowest BCUT2D eigenvalue weighted by atomic mass is 10.5. The molecule has 0 aromatic carbocycles. The third kappa shape index (κ3) is 2.77. The van der Waals surface area contributed by atoms with Crippen LogP contribution in [0.5, 0.6) is 0 Å². The number of anilines is 3. The van der Waals surface area contributed by atoms with Gasteiger partial charge >= 0.3 is 5.97 Å².